The molecule has 73 heavy (non-hydrogen) atoms. The molecule has 0 saturated heterocycles. The van der Waals surface area contributed by atoms with Crippen LogP contribution in [0.4, 0.5) is 0 Å². The molecule has 0 aromatic heterocycles. The van der Waals surface area contributed by atoms with Crippen LogP contribution in [0.5, 0.6) is 0 Å². The zero-order valence-corrected chi connectivity index (χ0v) is 49.6. The van der Waals surface area contributed by atoms with E-state index >= 15 is 0 Å². The lowest BCUT2D eigenvalue weighted by Gasteiger charge is -2.22. The third-order valence-corrected chi connectivity index (χ3v) is 15.8. The number of nitrogens with one attached hydrogen (secondary N) is 1. The van der Waals surface area contributed by atoms with Crippen molar-refractivity contribution in [2.24, 2.45) is 0 Å². The van der Waals surface area contributed by atoms with E-state index in [4.69, 9.17) is 4.74 Å². The molecule has 2 unspecified atom stereocenters. The summed E-state index contributed by atoms with van der Waals surface area (Å²) in [5, 5.41) is 23.4. The Morgan fingerprint density at radius 2 is 0.644 bits per heavy atom. The summed E-state index contributed by atoms with van der Waals surface area (Å²) in [6.45, 7) is 4.98. The summed E-state index contributed by atoms with van der Waals surface area (Å²) in [5.41, 5.74) is 0. The normalized spacial score (nSPS) is 12.5. The van der Waals surface area contributed by atoms with Crippen LogP contribution >= 0.6 is 0 Å². The lowest BCUT2D eigenvalue weighted by Crippen LogP contribution is -2.45. The Balaban J connectivity index is 3.37. The van der Waals surface area contributed by atoms with Crippen molar-refractivity contribution in [2.75, 3.05) is 13.2 Å². The van der Waals surface area contributed by atoms with Gasteiger partial charge in [0.25, 0.3) is 0 Å². The number of hydrogen-bond acceptors (Lipinski definition) is 5. The predicted molar refractivity (Wildman–Crippen MR) is 320 cm³/mol. The first-order valence-corrected chi connectivity index (χ1v) is 33.4. The number of unbranched alkanes of at least 4 members (excludes halogenated alkanes) is 50. The van der Waals surface area contributed by atoms with Crippen LogP contribution in [0.25, 0.3) is 0 Å². The average Bonchev–Trinajstić information content (AvgIpc) is 3.39. The molecule has 0 aromatic carbocycles. The standard InChI is InChI=1S/C67H131NO5/c1-3-5-7-9-11-13-15-16-17-30-33-36-40-43-47-51-55-59-65(70)64(63-69)68-66(71)60-56-52-48-44-41-37-34-31-28-26-24-22-20-18-19-21-23-25-27-29-32-35-38-42-46-50-54-58-62-73-67(72)61-57-53-49-45-39-14-12-10-8-6-4-2/h18-19,64-65,69-70H,3-17,20-63H2,1-2H3,(H,68,71)/b19-18-. The molecule has 0 aliphatic heterocycles. The molecule has 0 bridgehead atoms. The lowest BCUT2D eigenvalue weighted by molar-refractivity contribution is -0.143. The summed E-state index contributed by atoms with van der Waals surface area (Å²) in [6.07, 6.45) is 76.7. The Bertz CT molecular complexity index is 1100. The zero-order valence-electron chi connectivity index (χ0n) is 49.6. The minimum Gasteiger partial charge on any atom is -0.466 e. The highest BCUT2D eigenvalue weighted by Gasteiger charge is 2.20. The Morgan fingerprint density at radius 3 is 0.973 bits per heavy atom. The Labute approximate surface area is 457 Å². The van der Waals surface area contributed by atoms with Gasteiger partial charge < -0.3 is 20.3 Å². The third-order valence-electron chi connectivity index (χ3n) is 15.8. The molecule has 0 aliphatic rings. The van der Waals surface area contributed by atoms with Gasteiger partial charge in [-0.1, -0.05) is 328 Å². The van der Waals surface area contributed by atoms with Crippen LogP contribution < -0.4 is 5.32 Å². The van der Waals surface area contributed by atoms with E-state index in [0.29, 0.717) is 25.9 Å². The highest BCUT2D eigenvalue weighted by molar-refractivity contribution is 5.76. The van der Waals surface area contributed by atoms with Gasteiger partial charge in [0.1, 0.15) is 0 Å². The highest BCUT2D eigenvalue weighted by Crippen LogP contribution is 2.19. The van der Waals surface area contributed by atoms with Crippen molar-refractivity contribution in [3.8, 4) is 0 Å². The van der Waals surface area contributed by atoms with Crippen molar-refractivity contribution in [1.29, 1.82) is 0 Å². The fourth-order valence-electron chi connectivity index (χ4n) is 10.7. The minimum absolute atomic E-state index is 0.0163. The third kappa shape index (κ3) is 59.7. The van der Waals surface area contributed by atoms with E-state index in [1.807, 2.05) is 0 Å². The van der Waals surface area contributed by atoms with Gasteiger partial charge in [0, 0.05) is 12.8 Å². The van der Waals surface area contributed by atoms with Crippen LogP contribution in [0.2, 0.25) is 0 Å². The first-order chi connectivity index (χ1) is 36.0. The number of aliphatic hydroxyl groups excluding tert-OH is 2. The summed E-state index contributed by atoms with van der Waals surface area (Å²) in [6, 6.07) is -0.541. The van der Waals surface area contributed by atoms with E-state index in [9.17, 15) is 19.8 Å². The van der Waals surface area contributed by atoms with E-state index < -0.39 is 12.1 Å². The number of aliphatic hydroxyl groups is 2. The van der Waals surface area contributed by atoms with Gasteiger partial charge in [-0.25, -0.2) is 0 Å². The van der Waals surface area contributed by atoms with E-state index in [1.54, 1.807) is 0 Å². The number of ether oxygens (including phenoxy) is 1. The highest BCUT2D eigenvalue weighted by atomic mass is 16.5. The van der Waals surface area contributed by atoms with E-state index in [1.165, 1.54) is 308 Å². The molecule has 3 N–H and O–H groups in total. The smallest absolute Gasteiger partial charge is 0.305 e. The first-order valence-electron chi connectivity index (χ1n) is 33.4. The van der Waals surface area contributed by atoms with E-state index in [0.717, 1.165) is 38.5 Å². The molecule has 2 atom stereocenters. The summed E-state index contributed by atoms with van der Waals surface area (Å²) in [4.78, 5) is 24.5. The molecule has 0 rings (SSSR count). The van der Waals surface area contributed by atoms with Gasteiger partial charge in [-0.15, -0.1) is 0 Å². The van der Waals surface area contributed by atoms with Gasteiger partial charge in [-0.2, -0.15) is 0 Å². The van der Waals surface area contributed by atoms with Crippen molar-refractivity contribution >= 4 is 11.9 Å². The number of allylic oxidation sites excluding steroid dienone is 2. The Morgan fingerprint density at radius 1 is 0.370 bits per heavy atom. The van der Waals surface area contributed by atoms with Crippen molar-refractivity contribution in [2.45, 2.75) is 392 Å². The van der Waals surface area contributed by atoms with Gasteiger partial charge in [-0.05, 0) is 51.4 Å². The Kier molecular flexibility index (Phi) is 61.9. The average molecular weight is 1030 g/mol. The Hall–Kier alpha value is -1.40. The molecule has 6 heteroatoms. The van der Waals surface area contributed by atoms with Gasteiger partial charge >= 0.3 is 5.97 Å². The second-order valence-electron chi connectivity index (χ2n) is 23.2. The topological polar surface area (TPSA) is 95.9 Å². The predicted octanol–water partition coefficient (Wildman–Crippen LogP) is 21.2. The van der Waals surface area contributed by atoms with Crippen molar-refractivity contribution in [3.05, 3.63) is 12.2 Å². The SMILES string of the molecule is CCCCCCCCCCCCCCCCCCCC(O)C(CO)NC(=O)CCCCCCCCCCCCCC/C=C\CCCCCCCCCCCCCCOC(=O)CCCCCCCCCCCCC. The minimum atomic E-state index is -0.664. The molecule has 0 aromatic rings. The molecular weight excluding hydrogens is 899 g/mol. The number of rotatable bonds is 63. The summed E-state index contributed by atoms with van der Waals surface area (Å²) in [5.74, 6) is -0.0150. The monoisotopic (exact) mass is 1030 g/mol. The van der Waals surface area contributed by atoms with Crippen molar-refractivity contribution in [3.63, 3.8) is 0 Å². The number of amides is 1. The second-order valence-corrected chi connectivity index (χ2v) is 23.2. The fourth-order valence-corrected chi connectivity index (χ4v) is 10.7. The van der Waals surface area contributed by atoms with Crippen LogP contribution in [0.3, 0.4) is 0 Å². The molecular formula is C67H131NO5. The van der Waals surface area contributed by atoms with Gasteiger partial charge in [0.05, 0.1) is 25.4 Å². The van der Waals surface area contributed by atoms with Crippen LogP contribution in [0.15, 0.2) is 12.2 Å². The van der Waals surface area contributed by atoms with E-state index in [-0.39, 0.29) is 18.5 Å². The lowest BCUT2D eigenvalue weighted by atomic mass is 10.0. The number of hydrogen-bond donors (Lipinski definition) is 3. The molecule has 0 heterocycles. The summed E-state index contributed by atoms with van der Waals surface area (Å²) in [7, 11) is 0. The summed E-state index contributed by atoms with van der Waals surface area (Å²) < 4.78 is 5.47. The van der Waals surface area contributed by atoms with Crippen molar-refractivity contribution in [1.82, 2.24) is 5.32 Å². The summed E-state index contributed by atoms with van der Waals surface area (Å²) >= 11 is 0. The van der Waals surface area contributed by atoms with Crippen molar-refractivity contribution < 1.29 is 24.5 Å². The second kappa shape index (κ2) is 63.1. The number of esters is 1. The quantitative estimate of drug-likeness (QED) is 0.0320. The molecule has 0 aliphatic carbocycles. The zero-order chi connectivity index (χ0) is 52.9. The molecule has 0 radical (unpaired) electrons. The van der Waals surface area contributed by atoms with Gasteiger partial charge in [0.2, 0.25) is 5.91 Å². The largest absolute Gasteiger partial charge is 0.466 e. The number of carbonyl (C=O) groups is 2. The van der Waals surface area contributed by atoms with Gasteiger partial charge in [0.15, 0.2) is 0 Å². The van der Waals surface area contributed by atoms with Crippen LogP contribution in [-0.4, -0.2) is 47.4 Å². The molecule has 0 saturated carbocycles. The molecule has 0 spiro atoms. The first kappa shape index (κ1) is 71.6. The van der Waals surface area contributed by atoms with Crippen LogP contribution in [-0.2, 0) is 14.3 Å². The van der Waals surface area contributed by atoms with Crippen LogP contribution in [0, 0.1) is 0 Å². The number of carbonyl (C=O) groups excluding carboxylic acids is 2. The fraction of sp³-hybridized carbons (Fsp3) is 0.940. The maximum absolute atomic E-state index is 12.5. The molecule has 6 nitrogen and oxygen atoms in total. The molecule has 1 amide bonds. The molecule has 434 valence electrons. The van der Waals surface area contributed by atoms with Crippen LogP contribution in [0.1, 0.15) is 380 Å². The van der Waals surface area contributed by atoms with Gasteiger partial charge in [-0.3, -0.25) is 9.59 Å². The van der Waals surface area contributed by atoms with E-state index in [2.05, 4.69) is 31.3 Å². The maximum Gasteiger partial charge on any atom is 0.305 e. The maximum atomic E-state index is 12.5. The molecule has 0 fully saturated rings.